The molecule has 3 heterocycles. The molecule has 1 N–H and O–H groups in total. The molecule has 2 aliphatic rings. The van der Waals surface area contributed by atoms with Crippen molar-refractivity contribution in [3.8, 4) is 0 Å². The summed E-state index contributed by atoms with van der Waals surface area (Å²) in [6.45, 7) is 7.94. The maximum absolute atomic E-state index is 9.48. The Morgan fingerprint density at radius 3 is 2.80 bits per heavy atom. The number of likely N-dealkylation sites (tertiary alicyclic amines) is 1. The Morgan fingerprint density at radius 1 is 1.25 bits per heavy atom. The van der Waals surface area contributed by atoms with Crippen molar-refractivity contribution in [1.82, 2.24) is 19.7 Å². The molecule has 0 amide bonds. The van der Waals surface area contributed by atoms with E-state index in [0.29, 0.717) is 12.0 Å². The van der Waals surface area contributed by atoms with Crippen LogP contribution in [0.1, 0.15) is 63.0 Å². The Balaban J connectivity index is 1.79. The Kier molecular flexibility index (Phi) is 4.08. The topological polar surface area (TPSA) is 54.2 Å². The van der Waals surface area contributed by atoms with E-state index in [1.807, 2.05) is 4.68 Å². The number of aliphatic hydroxyl groups excluding tert-OH is 1. The van der Waals surface area contributed by atoms with Crippen molar-refractivity contribution in [3.63, 3.8) is 0 Å². The molecular weight excluding hydrogens is 252 g/mol. The third-order valence-corrected chi connectivity index (χ3v) is 4.77. The summed E-state index contributed by atoms with van der Waals surface area (Å²) in [5, 5.41) is 14.2. The van der Waals surface area contributed by atoms with Gasteiger partial charge in [0.05, 0.1) is 6.61 Å². The van der Waals surface area contributed by atoms with Gasteiger partial charge in [-0.15, -0.1) is 0 Å². The molecule has 1 saturated heterocycles. The lowest BCUT2D eigenvalue weighted by molar-refractivity contribution is 0.164. The third kappa shape index (κ3) is 2.61. The minimum atomic E-state index is 0.190. The lowest BCUT2D eigenvalue weighted by atomic mass is 9.96. The lowest BCUT2D eigenvalue weighted by Crippen LogP contribution is -2.39. The summed E-state index contributed by atoms with van der Waals surface area (Å²) in [4.78, 5) is 7.31. The van der Waals surface area contributed by atoms with Gasteiger partial charge in [0, 0.05) is 31.0 Å². The highest BCUT2D eigenvalue weighted by atomic mass is 16.3. The van der Waals surface area contributed by atoms with Crippen LogP contribution in [0.4, 0.5) is 0 Å². The van der Waals surface area contributed by atoms with Gasteiger partial charge in [-0.1, -0.05) is 0 Å². The zero-order valence-corrected chi connectivity index (χ0v) is 12.6. The zero-order chi connectivity index (χ0) is 14.1. The second-order valence-corrected chi connectivity index (χ2v) is 6.50. The summed E-state index contributed by atoms with van der Waals surface area (Å²) < 4.78 is 2.04. The Labute approximate surface area is 121 Å². The number of piperidine rings is 1. The van der Waals surface area contributed by atoms with Gasteiger partial charge in [0.25, 0.3) is 0 Å². The number of fused-ring (bicyclic) bond motifs is 1. The number of hydrogen-bond donors (Lipinski definition) is 1. The van der Waals surface area contributed by atoms with Crippen LogP contribution in [0.2, 0.25) is 0 Å². The Morgan fingerprint density at radius 2 is 2.05 bits per heavy atom. The van der Waals surface area contributed by atoms with Crippen molar-refractivity contribution in [2.45, 2.75) is 64.0 Å². The van der Waals surface area contributed by atoms with Crippen LogP contribution in [0.15, 0.2) is 0 Å². The molecule has 0 aromatic carbocycles. The van der Waals surface area contributed by atoms with E-state index >= 15 is 0 Å². The number of aliphatic hydroxyl groups is 1. The van der Waals surface area contributed by atoms with Crippen LogP contribution in [0.3, 0.4) is 0 Å². The molecule has 1 aromatic heterocycles. The van der Waals surface area contributed by atoms with Crippen LogP contribution in [0, 0.1) is 0 Å². The predicted molar refractivity (Wildman–Crippen MR) is 77.8 cm³/mol. The smallest absolute Gasteiger partial charge is 0.155 e. The zero-order valence-electron chi connectivity index (χ0n) is 12.6. The van der Waals surface area contributed by atoms with Crippen molar-refractivity contribution in [1.29, 1.82) is 0 Å². The first-order valence-electron chi connectivity index (χ1n) is 7.98. The second kappa shape index (κ2) is 5.82. The fourth-order valence-corrected chi connectivity index (χ4v) is 3.49. The molecule has 1 aromatic rings. The molecule has 1 fully saturated rings. The molecule has 0 bridgehead atoms. The highest BCUT2D eigenvalue weighted by molar-refractivity contribution is 5.07. The quantitative estimate of drug-likeness (QED) is 0.915. The summed E-state index contributed by atoms with van der Waals surface area (Å²) >= 11 is 0. The Hall–Kier alpha value is -0.940. The fourth-order valence-electron chi connectivity index (χ4n) is 3.49. The first kappa shape index (κ1) is 14.0. The molecule has 112 valence electrons. The summed E-state index contributed by atoms with van der Waals surface area (Å²) in [6, 6.07) is 0.597. The van der Waals surface area contributed by atoms with Gasteiger partial charge in [0.15, 0.2) is 5.82 Å². The average Bonchev–Trinajstić information content (AvgIpc) is 2.91. The van der Waals surface area contributed by atoms with Crippen molar-refractivity contribution in [2.24, 2.45) is 0 Å². The number of aryl methyl sites for hydroxylation is 1. The van der Waals surface area contributed by atoms with Gasteiger partial charge in [0.1, 0.15) is 5.82 Å². The van der Waals surface area contributed by atoms with Gasteiger partial charge in [-0.25, -0.2) is 9.67 Å². The average molecular weight is 278 g/mol. The van der Waals surface area contributed by atoms with E-state index in [9.17, 15) is 5.11 Å². The van der Waals surface area contributed by atoms with Gasteiger partial charge >= 0.3 is 0 Å². The van der Waals surface area contributed by atoms with Crippen LogP contribution < -0.4 is 0 Å². The van der Waals surface area contributed by atoms with Gasteiger partial charge in [-0.3, -0.25) is 0 Å². The van der Waals surface area contributed by atoms with E-state index in [1.54, 1.807) is 0 Å². The van der Waals surface area contributed by atoms with Crippen LogP contribution in [-0.4, -0.2) is 50.5 Å². The second-order valence-electron chi connectivity index (χ2n) is 6.50. The number of nitrogens with zero attached hydrogens (tertiary/aromatic N) is 4. The standard InChI is InChI=1S/C15H26N4O/c1-11(2)18-7-3-5-12(9-18)14-16-15-13(10-20)6-4-8-19(15)17-14/h11-13,20H,3-10H2,1-2H3. The normalized spacial score (nSPS) is 27.8. The summed E-state index contributed by atoms with van der Waals surface area (Å²) in [7, 11) is 0. The van der Waals surface area contributed by atoms with E-state index < -0.39 is 0 Å². The minimum absolute atomic E-state index is 0.190. The van der Waals surface area contributed by atoms with Gasteiger partial charge < -0.3 is 10.0 Å². The summed E-state index contributed by atoms with van der Waals surface area (Å²) in [5.74, 6) is 2.67. The third-order valence-electron chi connectivity index (χ3n) is 4.77. The van der Waals surface area contributed by atoms with Crippen molar-refractivity contribution >= 4 is 0 Å². The molecule has 2 atom stereocenters. The van der Waals surface area contributed by atoms with Crippen LogP contribution >= 0.6 is 0 Å². The van der Waals surface area contributed by atoms with E-state index in [-0.39, 0.29) is 12.5 Å². The molecule has 20 heavy (non-hydrogen) atoms. The lowest BCUT2D eigenvalue weighted by Gasteiger charge is -2.34. The van der Waals surface area contributed by atoms with Crippen molar-refractivity contribution < 1.29 is 5.11 Å². The van der Waals surface area contributed by atoms with E-state index in [2.05, 4.69) is 18.7 Å². The first-order chi connectivity index (χ1) is 9.69. The van der Waals surface area contributed by atoms with Crippen LogP contribution in [0.5, 0.6) is 0 Å². The van der Waals surface area contributed by atoms with E-state index in [4.69, 9.17) is 10.1 Å². The highest BCUT2D eigenvalue weighted by Gasteiger charge is 2.29. The molecule has 2 unspecified atom stereocenters. The fraction of sp³-hybridized carbons (Fsp3) is 0.867. The first-order valence-corrected chi connectivity index (χ1v) is 7.98. The maximum atomic E-state index is 9.48. The molecular formula is C15H26N4O. The van der Waals surface area contributed by atoms with Gasteiger partial charge in [0.2, 0.25) is 0 Å². The van der Waals surface area contributed by atoms with E-state index in [0.717, 1.165) is 37.6 Å². The van der Waals surface area contributed by atoms with Crippen LogP contribution in [-0.2, 0) is 6.54 Å². The van der Waals surface area contributed by atoms with Gasteiger partial charge in [-0.05, 0) is 46.1 Å². The minimum Gasteiger partial charge on any atom is -0.396 e. The molecule has 0 saturated carbocycles. The van der Waals surface area contributed by atoms with Crippen molar-refractivity contribution in [3.05, 3.63) is 11.6 Å². The molecule has 3 rings (SSSR count). The molecule has 0 aliphatic carbocycles. The maximum Gasteiger partial charge on any atom is 0.155 e. The molecule has 0 radical (unpaired) electrons. The molecule has 0 spiro atoms. The predicted octanol–water partition coefficient (Wildman–Crippen LogP) is 1.74. The van der Waals surface area contributed by atoms with Gasteiger partial charge in [-0.2, -0.15) is 5.10 Å². The van der Waals surface area contributed by atoms with Crippen LogP contribution in [0.25, 0.3) is 0 Å². The Bertz CT molecular complexity index is 457. The molecule has 5 heteroatoms. The SMILES string of the molecule is CC(C)N1CCCC(c2nc3n(n2)CCCC3CO)C1. The van der Waals surface area contributed by atoms with E-state index in [1.165, 1.54) is 19.4 Å². The van der Waals surface area contributed by atoms with Crippen molar-refractivity contribution in [2.75, 3.05) is 19.7 Å². The number of aromatic nitrogens is 3. The monoisotopic (exact) mass is 278 g/mol. The molecule has 2 aliphatic heterocycles. The molecule has 5 nitrogen and oxygen atoms in total. The number of rotatable bonds is 3. The summed E-state index contributed by atoms with van der Waals surface area (Å²) in [6.07, 6.45) is 4.56. The number of hydrogen-bond acceptors (Lipinski definition) is 4. The summed E-state index contributed by atoms with van der Waals surface area (Å²) in [5.41, 5.74) is 0. The highest BCUT2D eigenvalue weighted by Crippen LogP contribution is 2.30. The largest absolute Gasteiger partial charge is 0.396 e.